The van der Waals surface area contributed by atoms with Gasteiger partial charge in [-0.1, -0.05) is 12.1 Å². The molecule has 0 spiro atoms. The van der Waals surface area contributed by atoms with Crippen molar-refractivity contribution in [3.05, 3.63) is 47.8 Å². The molecule has 0 aliphatic carbocycles. The van der Waals surface area contributed by atoms with E-state index in [0.717, 1.165) is 23.6 Å². The molecule has 0 saturated heterocycles. The molecule has 1 aromatic heterocycles. The Hall–Kier alpha value is -1.81. The second-order valence-electron chi connectivity index (χ2n) is 5.31. The molecule has 0 fully saturated rings. The van der Waals surface area contributed by atoms with E-state index in [0.29, 0.717) is 19.0 Å². The summed E-state index contributed by atoms with van der Waals surface area (Å²) in [4.78, 5) is 4.51. The normalized spacial score (nSPS) is 12.2. The molecule has 0 radical (unpaired) electrons. The highest BCUT2D eigenvalue weighted by Crippen LogP contribution is 2.18. The Kier molecular flexibility index (Phi) is 9.28. The molecule has 1 heterocycles. The number of nitrogens with zero attached hydrogens (tertiary/aromatic N) is 3. The summed E-state index contributed by atoms with van der Waals surface area (Å²) in [6, 6.07) is 9.33. The van der Waals surface area contributed by atoms with Crippen LogP contribution in [0.25, 0.3) is 0 Å². The largest absolute Gasteiger partial charge is 0.497 e. The maximum absolute atomic E-state index is 10.3. The van der Waals surface area contributed by atoms with Crippen LogP contribution in [0, 0.1) is 0 Å². The Morgan fingerprint density at radius 3 is 2.80 bits per heavy atom. The number of methoxy groups -OCH3 is 1. The van der Waals surface area contributed by atoms with Crippen molar-refractivity contribution in [3.8, 4) is 5.75 Å². The Morgan fingerprint density at radius 1 is 1.36 bits per heavy atom. The van der Waals surface area contributed by atoms with Gasteiger partial charge in [0.2, 0.25) is 0 Å². The van der Waals surface area contributed by atoms with Gasteiger partial charge >= 0.3 is 0 Å². The molecule has 0 aliphatic heterocycles. The summed E-state index contributed by atoms with van der Waals surface area (Å²) < 4.78 is 6.97. The SMILES string of the molecule is CCNC(=NCc1ccnn1C)NCC(O)c1cccc(OC)c1.I. The van der Waals surface area contributed by atoms with Crippen molar-refractivity contribution >= 4 is 29.9 Å². The number of hydrogen-bond donors (Lipinski definition) is 3. The van der Waals surface area contributed by atoms with E-state index in [9.17, 15) is 5.11 Å². The summed E-state index contributed by atoms with van der Waals surface area (Å²) in [5.41, 5.74) is 1.81. The van der Waals surface area contributed by atoms with Crippen LogP contribution in [0.2, 0.25) is 0 Å². The third-order valence-corrected chi connectivity index (χ3v) is 3.61. The van der Waals surface area contributed by atoms with Gasteiger partial charge in [-0.2, -0.15) is 5.10 Å². The van der Waals surface area contributed by atoms with Gasteiger partial charge in [-0.05, 0) is 30.7 Å². The number of aliphatic imine (C=N–C) groups is 1. The predicted octanol–water partition coefficient (Wildman–Crippen LogP) is 1.84. The van der Waals surface area contributed by atoms with Crippen LogP contribution < -0.4 is 15.4 Å². The number of aliphatic hydroxyl groups is 1. The summed E-state index contributed by atoms with van der Waals surface area (Å²) >= 11 is 0. The first-order valence-electron chi connectivity index (χ1n) is 7.95. The predicted molar refractivity (Wildman–Crippen MR) is 109 cm³/mol. The number of nitrogens with one attached hydrogen (secondary N) is 2. The number of benzene rings is 1. The Bertz CT molecular complexity index is 675. The molecule has 1 atom stereocenters. The summed E-state index contributed by atoms with van der Waals surface area (Å²) in [5, 5.41) is 20.8. The van der Waals surface area contributed by atoms with E-state index in [-0.39, 0.29) is 24.0 Å². The molecule has 2 aromatic rings. The second kappa shape index (κ2) is 10.9. The zero-order valence-electron chi connectivity index (χ0n) is 14.8. The highest BCUT2D eigenvalue weighted by molar-refractivity contribution is 14.0. The van der Waals surface area contributed by atoms with Gasteiger partial charge in [0.05, 0.1) is 25.5 Å². The molecule has 0 aliphatic rings. The molecular weight excluding hydrogens is 433 g/mol. The van der Waals surface area contributed by atoms with Crippen LogP contribution in [0.3, 0.4) is 0 Å². The number of aryl methyl sites for hydroxylation is 1. The average Bonchev–Trinajstić information content (AvgIpc) is 3.02. The lowest BCUT2D eigenvalue weighted by Crippen LogP contribution is -2.39. The van der Waals surface area contributed by atoms with Gasteiger partial charge in [0.1, 0.15) is 5.75 Å². The van der Waals surface area contributed by atoms with Crippen molar-refractivity contribution in [1.82, 2.24) is 20.4 Å². The first kappa shape index (κ1) is 21.2. The molecule has 8 heteroatoms. The number of rotatable bonds is 7. The maximum atomic E-state index is 10.3. The van der Waals surface area contributed by atoms with E-state index in [1.165, 1.54) is 0 Å². The van der Waals surface area contributed by atoms with Crippen LogP contribution in [0.4, 0.5) is 0 Å². The molecule has 2 rings (SSSR count). The maximum Gasteiger partial charge on any atom is 0.191 e. The standard InChI is InChI=1S/C17H25N5O2.HI/c1-4-18-17(19-11-14-8-9-21-22(14)2)20-12-16(23)13-6-5-7-15(10-13)24-3;/h5-10,16,23H,4,11-12H2,1-3H3,(H2,18,19,20);1H. The Morgan fingerprint density at radius 2 is 2.16 bits per heavy atom. The summed E-state index contributed by atoms with van der Waals surface area (Å²) in [7, 11) is 3.50. The molecular formula is C17H26IN5O2. The number of aromatic nitrogens is 2. The summed E-state index contributed by atoms with van der Waals surface area (Å²) in [6.45, 7) is 3.61. The minimum atomic E-state index is -0.652. The van der Waals surface area contributed by atoms with Crippen molar-refractivity contribution in [2.24, 2.45) is 12.0 Å². The third kappa shape index (κ3) is 6.54. The van der Waals surface area contributed by atoms with E-state index in [4.69, 9.17) is 4.74 Å². The number of ether oxygens (including phenoxy) is 1. The molecule has 0 saturated carbocycles. The Labute approximate surface area is 165 Å². The number of guanidine groups is 1. The minimum absolute atomic E-state index is 0. The zero-order valence-corrected chi connectivity index (χ0v) is 17.1. The van der Waals surface area contributed by atoms with Gasteiger partial charge in [-0.25, -0.2) is 4.99 Å². The minimum Gasteiger partial charge on any atom is -0.497 e. The van der Waals surface area contributed by atoms with Crippen molar-refractivity contribution in [3.63, 3.8) is 0 Å². The zero-order chi connectivity index (χ0) is 17.4. The van der Waals surface area contributed by atoms with E-state index in [1.54, 1.807) is 18.0 Å². The molecule has 138 valence electrons. The van der Waals surface area contributed by atoms with Crippen LogP contribution in [-0.2, 0) is 13.6 Å². The van der Waals surface area contributed by atoms with Crippen LogP contribution in [-0.4, -0.2) is 41.0 Å². The van der Waals surface area contributed by atoms with Crippen LogP contribution in [0.1, 0.15) is 24.3 Å². The summed E-state index contributed by atoms with van der Waals surface area (Å²) in [5.74, 6) is 1.38. The number of aliphatic hydroxyl groups excluding tert-OH is 1. The molecule has 0 bridgehead atoms. The highest BCUT2D eigenvalue weighted by atomic mass is 127. The lowest BCUT2D eigenvalue weighted by molar-refractivity contribution is 0.180. The van der Waals surface area contributed by atoms with Crippen molar-refractivity contribution in [2.45, 2.75) is 19.6 Å². The van der Waals surface area contributed by atoms with Gasteiger partial charge in [0, 0.05) is 26.3 Å². The molecule has 0 amide bonds. The van der Waals surface area contributed by atoms with Crippen molar-refractivity contribution in [2.75, 3.05) is 20.2 Å². The van der Waals surface area contributed by atoms with Crippen molar-refractivity contribution in [1.29, 1.82) is 0 Å². The van der Waals surface area contributed by atoms with Gasteiger partial charge in [0.25, 0.3) is 0 Å². The average molecular weight is 459 g/mol. The summed E-state index contributed by atoms with van der Waals surface area (Å²) in [6.07, 6.45) is 1.10. The van der Waals surface area contributed by atoms with Gasteiger partial charge in [0.15, 0.2) is 5.96 Å². The number of hydrogen-bond acceptors (Lipinski definition) is 4. The van der Waals surface area contributed by atoms with Crippen molar-refractivity contribution < 1.29 is 9.84 Å². The lowest BCUT2D eigenvalue weighted by Gasteiger charge is -2.16. The van der Waals surface area contributed by atoms with Crippen LogP contribution in [0.5, 0.6) is 5.75 Å². The fourth-order valence-corrected chi connectivity index (χ4v) is 2.22. The highest BCUT2D eigenvalue weighted by Gasteiger charge is 2.09. The van der Waals surface area contributed by atoms with E-state index in [2.05, 4.69) is 20.7 Å². The smallest absolute Gasteiger partial charge is 0.191 e. The molecule has 7 nitrogen and oxygen atoms in total. The van der Waals surface area contributed by atoms with E-state index < -0.39 is 6.10 Å². The fraction of sp³-hybridized carbons (Fsp3) is 0.412. The fourth-order valence-electron chi connectivity index (χ4n) is 2.22. The molecule has 1 unspecified atom stereocenters. The second-order valence-corrected chi connectivity index (χ2v) is 5.31. The molecule has 1 aromatic carbocycles. The van der Waals surface area contributed by atoms with Crippen LogP contribution >= 0.6 is 24.0 Å². The van der Waals surface area contributed by atoms with Gasteiger partial charge < -0.3 is 20.5 Å². The lowest BCUT2D eigenvalue weighted by atomic mass is 10.1. The monoisotopic (exact) mass is 459 g/mol. The van der Waals surface area contributed by atoms with Gasteiger partial charge in [-0.3, -0.25) is 4.68 Å². The Balaban J connectivity index is 0.00000312. The van der Waals surface area contributed by atoms with Crippen LogP contribution in [0.15, 0.2) is 41.5 Å². The molecule has 3 N–H and O–H groups in total. The number of halogens is 1. The first-order chi connectivity index (χ1) is 11.6. The third-order valence-electron chi connectivity index (χ3n) is 3.61. The van der Waals surface area contributed by atoms with E-state index in [1.807, 2.05) is 44.3 Å². The first-order valence-corrected chi connectivity index (χ1v) is 7.95. The topological polar surface area (TPSA) is 83.7 Å². The quantitative estimate of drug-likeness (QED) is 0.335. The van der Waals surface area contributed by atoms with E-state index >= 15 is 0 Å². The molecule has 25 heavy (non-hydrogen) atoms. The van der Waals surface area contributed by atoms with Gasteiger partial charge in [-0.15, -0.1) is 24.0 Å².